The summed E-state index contributed by atoms with van der Waals surface area (Å²) >= 11 is 0. The van der Waals surface area contributed by atoms with E-state index in [0.29, 0.717) is 0 Å². The maximum atomic E-state index is 10.9. The fourth-order valence-electron chi connectivity index (χ4n) is 0.870. The number of rotatable bonds is 7. The highest BCUT2D eigenvalue weighted by Gasteiger charge is 2.19. The Balaban J connectivity index is 3.57. The molecule has 0 heterocycles. The van der Waals surface area contributed by atoms with Gasteiger partial charge >= 0.3 is 11.9 Å². The maximum Gasteiger partial charge on any atom is 0.335 e. The summed E-state index contributed by atoms with van der Waals surface area (Å²) in [7, 11) is 0. The first-order valence-electron chi connectivity index (χ1n) is 4.64. The Labute approximate surface area is 82.7 Å². The van der Waals surface area contributed by atoms with Gasteiger partial charge < -0.3 is 14.9 Å². The zero-order valence-corrected chi connectivity index (χ0v) is 8.23. The largest absolute Gasteiger partial charge is 0.481 e. The summed E-state index contributed by atoms with van der Waals surface area (Å²) in [6.45, 7) is 2.25. The summed E-state index contributed by atoms with van der Waals surface area (Å²) in [4.78, 5) is 21.0. The number of esters is 1. The molecule has 2 N–H and O–H groups in total. The smallest absolute Gasteiger partial charge is 0.335 e. The van der Waals surface area contributed by atoms with Crippen LogP contribution in [0.4, 0.5) is 0 Å². The van der Waals surface area contributed by atoms with Gasteiger partial charge in [0, 0.05) is 0 Å². The summed E-state index contributed by atoms with van der Waals surface area (Å²) in [6, 6.07) is 0. The number of carbonyl (C=O) groups excluding carboxylic acids is 1. The third kappa shape index (κ3) is 6.42. The average Bonchev–Trinajstić information content (AvgIpc) is 2.11. The van der Waals surface area contributed by atoms with Crippen LogP contribution in [0.1, 0.15) is 32.6 Å². The molecule has 0 aromatic rings. The number of hydrogen-bond acceptors (Lipinski definition) is 4. The number of carboxylic acids is 1. The van der Waals surface area contributed by atoms with E-state index < -0.39 is 24.5 Å². The van der Waals surface area contributed by atoms with Crippen molar-refractivity contribution in [2.75, 3.05) is 6.61 Å². The van der Waals surface area contributed by atoms with Crippen molar-refractivity contribution >= 4 is 11.9 Å². The van der Waals surface area contributed by atoms with E-state index in [9.17, 15) is 9.59 Å². The molecule has 0 rings (SSSR count). The van der Waals surface area contributed by atoms with Gasteiger partial charge in [-0.05, 0) is 6.42 Å². The second kappa shape index (κ2) is 7.32. The van der Waals surface area contributed by atoms with Crippen LogP contribution in [0.25, 0.3) is 0 Å². The third-order valence-electron chi connectivity index (χ3n) is 1.63. The Morgan fingerprint density at radius 3 is 2.50 bits per heavy atom. The molecule has 82 valence electrons. The molecular formula is C9H16O5. The van der Waals surface area contributed by atoms with Crippen LogP contribution in [0.2, 0.25) is 0 Å². The third-order valence-corrected chi connectivity index (χ3v) is 1.63. The average molecular weight is 204 g/mol. The number of carboxylic acid groups (broad SMARTS) is 1. The lowest BCUT2D eigenvalue weighted by molar-refractivity contribution is -0.158. The molecule has 0 bridgehead atoms. The van der Waals surface area contributed by atoms with Crippen LogP contribution in [0.5, 0.6) is 0 Å². The minimum atomic E-state index is -1.55. The van der Waals surface area contributed by atoms with Crippen LogP contribution in [-0.4, -0.2) is 34.9 Å². The molecule has 0 radical (unpaired) electrons. The minimum absolute atomic E-state index is 0.239. The molecule has 0 saturated heterocycles. The molecule has 0 saturated carbocycles. The number of hydrogen-bond donors (Lipinski definition) is 2. The van der Waals surface area contributed by atoms with Crippen LogP contribution in [0.3, 0.4) is 0 Å². The second-order valence-corrected chi connectivity index (χ2v) is 2.99. The van der Waals surface area contributed by atoms with E-state index >= 15 is 0 Å². The van der Waals surface area contributed by atoms with E-state index in [4.69, 9.17) is 10.2 Å². The Hall–Kier alpha value is -1.10. The number of aliphatic hydroxyl groups excluding tert-OH is 1. The molecule has 0 aromatic heterocycles. The van der Waals surface area contributed by atoms with Crippen LogP contribution < -0.4 is 0 Å². The van der Waals surface area contributed by atoms with Gasteiger partial charge in [0.05, 0.1) is 13.0 Å². The molecule has 5 heteroatoms. The normalized spacial score (nSPS) is 12.1. The first-order chi connectivity index (χ1) is 6.57. The Kier molecular flexibility index (Phi) is 6.74. The highest BCUT2D eigenvalue weighted by molar-refractivity contribution is 5.80. The zero-order valence-electron chi connectivity index (χ0n) is 8.23. The van der Waals surface area contributed by atoms with Gasteiger partial charge in [-0.2, -0.15) is 0 Å². The van der Waals surface area contributed by atoms with E-state index in [1.54, 1.807) is 0 Å². The van der Waals surface area contributed by atoms with E-state index in [0.717, 1.165) is 19.3 Å². The van der Waals surface area contributed by atoms with E-state index in [1.807, 2.05) is 6.92 Å². The van der Waals surface area contributed by atoms with Crippen LogP contribution in [-0.2, 0) is 14.3 Å². The lowest BCUT2D eigenvalue weighted by Gasteiger charge is -2.07. The van der Waals surface area contributed by atoms with Gasteiger partial charge in [-0.15, -0.1) is 0 Å². The van der Waals surface area contributed by atoms with Crippen molar-refractivity contribution in [2.45, 2.75) is 38.7 Å². The summed E-state index contributed by atoms with van der Waals surface area (Å²) < 4.78 is 4.65. The molecule has 0 aromatic carbocycles. The Bertz CT molecular complexity index is 190. The molecule has 0 aliphatic heterocycles. The number of aliphatic hydroxyl groups is 1. The molecular weight excluding hydrogens is 188 g/mol. The lowest BCUT2D eigenvalue weighted by Crippen LogP contribution is -2.26. The van der Waals surface area contributed by atoms with Gasteiger partial charge in [0.2, 0.25) is 0 Å². The fourth-order valence-corrected chi connectivity index (χ4v) is 0.870. The Morgan fingerprint density at radius 1 is 1.36 bits per heavy atom. The fraction of sp³-hybridized carbons (Fsp3) is 0.778. The van der Waals surface area contributed by atoms with Gasteiger partial charge in [-0.3, -0.25) is 4.79 Å². The highest BCUT2D eigenvalue weighted by Crippen LogP contribution is 1.99. The number of ether oxygens (including phenoxy) is 1. The molecule has 1 unspecified atom stereocenters. The first-order valence-corrected chi connectivity index (χ1v) is 4.64. The molecule has 0 aliphatic carbocycles. The van der Waals surface area contributed by atoms with Gasteiger partial charge in [-0.1, -0.05) is 19.8 Å². The van der Waals surface area contributed by atoms with Crippen molar-refractivity contribution < 1.29 is 24.5 Å². The van der Waals surface area contributed by atoms with Gasteiger partial charge in [0.25, 0.3) is 0 Å². The SMILES string of the molecule is CCCCCOC(=O)C(O)CC(=O)O. The maximum absolute atomic E-state index is 10.9. The summed E-state index contributed by atoms with van der Waals surface area (Å²) in [5, 5.41) is 17.3. The van der Waals surface area contributed by atoms with Crippen molar-refractivity contribution in [3.63, 3.8) is 0 Å². The van der Waals surface area contributed by atoms with Crippen molar-refractivity contribution in [3.8, 4) is 0 Å². The van der Waals surface area contributed by atoms with Crippen LogP contribution >= 0.6 is 0 Å². The van der Waals surface area contributed by atoms with Crippen molar-refractivity contribution in [1.29, 1.82) is 0 Å². The Morgan fingerprint density at radius 2 is 2.00 bits per heavy atom. The van der Waals surface area contributed by atoms with Gasteiger partial charge in [-0.25, -0.2) is 4.79 Å². The molecule has 5 nitrogen and oxygen atoms in total. The standard InChI is InChI=1S/C9H16O5/c1-2-3-4-5-14-9(13)7(10)6-8(11)12/h7,10H,2-6H2,1H3,(H,11,12). The minimum Gasteiger partial charge on any atom is -0.481 e. The molecule has 0 amide bonds. The van der Waals surface area contributed by atoms with Crippen molar-refractivity contribution in [1.82, 2.24) is 0 Å². The van der Waals surface area contributed by atoms with Gasteiger partial charge in [0.1, 0.15) is 0 Å². The number of unbranched alkanes of at least 4 members (excludes halogenated alkanes) is 2. The first kappa shape index (κ1) is 12.9. The topological polar surface area (TPSA) is 83.8 Å². The van der Waals surface area contributed by atoms with Crippen LogP contribution in [0.15, 0.2) is 0 Å². The summed E-state index contributed by atoms with van der Waals surface area (Å²) in [6.07, 6.45) is 0.542. The summed E-state index contributed by atoms with van der Waals surface area (Å²) in [5.41, 5.74) is 0. The van der Waals surface area contributed by atoms with E-state index in [1.165, 1.54) is 0 Å². The highest BCUT2D eigenvalue weighted by atomic mass is 16.5. The molecule has 14 heavy (non-hydrogen) atoms. The molecule has 0 aliphatic rings. The van der Waals surface area contributed by atoms with Crippen LogP contribution in [0, 0.1) is 0 Å². The van der Waals surface area contributed by atoms with Gasteiger partial charge in [0.15, 0.2) is 6.10 Å². The predicted octanol–water partition coefficient (Wildman–Crippen LogP) is 0.555. The van der Waals surface area contributed by atoms with Crippen molar-refractivity contribution in [2.24, 2.45) is 0 Å². The zero-order chi connectivity index (χ0) is 11.0. The number of carbonyl (C=O) groups is 2. The lowest BCUT2D eigenvalue weighted by atomic mass is 10.2. The number of aliphatic carboxylic acids is 1. The van der Waals surface area contributed by atoms with E-state index in [2.05, 4.69) is 4.74 Å². The van der Waals surface area contributed by atoms with Crippen molar-refractivity contribution in [3.05, 3.63) is 0 Å². The molecule has 0 spiro atoms. The second-order valence-electron chi connectivity index (χ2n) is 2.99. The molecule has 1 atom stereocenters. The monoisotopic (exact) mass is 204 g/mol. The van der Waals surface area contributed by atoms with E-state index in [-0.39, 0.29) is 6.61 Å². The summed E-state index contributed by atoms with van der Waals surface area (Å²) in [5.74, 6) is -2.08. The predicted molar refractivity (Wildman–Crippen MR) is 48.7 cm³/mol. The quantitative estimate of drug-likeness (QED) is 0.467. The molecule has 0 fully saturated rings.